The average molecular weight is 346 g/mol. The van der Waals surface area contributed by atoms with Crippen molar-refractivity contribution >= 4 is 5.91 Å². The van der Waals surface area contributed by atoms with Crippen LogP contribution in [0.4, 0.5) is 0 Å². The maximum Gasteiger partial charge on any atom is 0.233 e. The van der Waals surface area contributed by atoms with Gasteiger partial charge < -0.3 is 14.7 Å². The second-order valence-corrected chi connectivity index (χ2v) is 7.42. The largest absolute Gasteiger partial charge is 0.497 e. The number of amides is 1. The van der Waals surface area contributed by atoms with Crippen molar-refractivity contribution in [3.05, 3.63) is 29.8 Å². The molecule has 5 nitrogen and oxygen atoms in total. The van der Waals surface area contributed by atoms with Crippen LogP contribution in [0.2, 0.25) is 0 Å². The highest BCUT2D eigenvalue weighted by atomic mass is 16.5. The standard InChI is InChI=1S/C20H30N2O3/c1-21-12-13-22(15-17(21)9-14-23)19(24)20(10-3-4-11-20)16-5-7-18(25-2)8-6-16/h5-8,17,23H,3-4,9-15H2,1-2H3. The summed E-state index contributed by atoms with van der Waals surface area (Å²) in [5.74, 6) is 1.10. The fourth-order valence-electron chi connectivity index (χ4n) is 4.41. The second kappa shape index (κ2) is 7.75. The van der Waals surface area contributed by atoms with Crippen LogP contribution in [0.15, 0.2) is 24.3 Å². The number of rotatable bonds is 5. The van der Waals surface area contributed by atoms with E-state index < -0.39 is 0 Å². The summed E-state index contributed by atoms with van der Waals surface area (Å²) >= 11 is 0. The van der Waals surface area contributed by atoms with Crippen LogP contribution in [-0.4, -0.2) is 67.3 Å². The third kappa shape index (κ3) is 3.53. The highest BCUT2D eigenvalue weighted by molar-refractivity contribution is 5.89. The Bertz CT molecular complexity index is 581. The van der Waals surface area contributed by atoms with Gasteiger partial charge in [-0.1, -0.05) is 25.0 Å². The maximum absolute atomic E-state index is 13.5. The van der Waals surface area contributed by atoms with Gasteiger partial charge in [-0.3, -0.25) is 9.69 Å². The van der Waals surface area contributed by atoms with E-state index in [9.17, 15) is 9.90 Å². The number of nitrogens with zero attached hydrogens (tertiary/aromatic N) is 2. The van der Waals surface area contributed by atoms with Gasteiger partial charge in [0.15, 0.2) is 0 Å². The minimum absolute atomic E-state index is 0.167. The number of hydrogen-bond donors (Lipinski definition) is 1. The van der Waals surface area contributed by atoms with Crippen LogP contribution in [0.3, 0.4) is 0 Å². The fourth-order valence-corrected chi connectivity index (χ4v) is 4.41. The van der Waals surface area contributed by atoms with Crippen LogP contribution in [-0.2, 0) is 10.2 Å². The van der Waals surface area contributed by atoms with Crippen molar-refractivity contribution in [2.24, 2.45) is 0 Å². The minimum Gasteiger partial charge on any atom is -0.497 e. The van der Waals surface area contributed by atoms with Crippen LogP contribution < -0.4 is 4.74 Å². The van der Waals surface area contributed by atoms with E-state index in [-0.39, 0.29) is 24.0 Å². The number of aliphatic hydroxyl groups is 1. The Balaban J connectivity index is 1.83. The van der Waals surface area contributed by atoms with Gasteiger partial charge in [0.1, 0.15) is 5.75 Å². The summed E-state index contributed by atoms with van der Waals surface area (Å²) < 4.78 is 5.27. The lowest BCUT2D eigenvalue weighted by atomic mass is 9.77. The molecular weight excluding hydrogens is 316 g/mol. The Labute approximate surface area is 150 Å². The predicted molar refractivity (Wildman–Crippen MR) is 97.8 cm³/mol. The van der Waals surface area contributed by atoms with Crippen molar-refractivity contribution in [3.63, 3.8) is 0 Å². The number of aliphatic hydroxyl groups excluding tert-OH is 1. The first kappa shape index (κ1) is 18.2. The smallest absolute Gasteiger partial charge is 0.233 e. The van der Waals surface area contributed by atoms with Crippen molar-refractivity contribution < 1.29 is 14.6 Å². The number of carbonyl (C=O) groups excluding carboxylic acids is 1. The Morgan fingerprint density at radius 2 is 1.92 bits per heavy atom. The van der Waals surface area contributed by atoms with E-state index in [1.54, 1.807) is 7.11 Å². The Hall–Kier alpha value is -1.59. The van der Waals surface area contributed by atoms with Gasteiger partial charge in [-0.05, 0) is 44.0 Å². The number of ether oxygens (including phenoxy) is 1. The van der Waals surface area contributed by atoms with Crippen LogP contribution in [0.1, 0.15) is 37.7 Å². The number of hydrogen-bond acceptors (Lipinski definition) is 4. The first-order valence-electron chi connectivity index (χ1n) is 9.36. The molecule has 2 aliphatic rings. The predicted octanol–water partition coefficient (Wildman–Crippen LogP) is 2.03. The molecule has 138 valence electrons. The van der Waals surface area contributed by atoms with Crippen LogP contribution >= 0.6 is 0 Å². The summed E-state index contributed by atoms with van der Waals surface area (Å²) in [5, 5.41) is 9.31. The van der Waals surface area contributed by atoms with Gasteiger partial charge in [-0.25, -0.2) is 0 Å². The van der Waals surface area contributed by atoms with Gasteiger partial charge in [0.2, 0.25) is 5.91 Å². The van der Waals surface area contributed by atoms with Crippen molar-refractivity contribution in [1.29, 1.82) is 0 Å². The molecule has 1 saturated heterocycles. The molecular formula is C20H30N2O3. The highest BCUT2D eigenvalue weighted by Crippen LogP contribution is 2.43. The molecule has 25 heavy (non-hydrogen) atoms. The van der Waals surface area contributed by atoms with E-state index in [2.05, 4.69) is 24.1 Å². The van der Waals surface area contributed by atoms with Crippen LogP contribution in [0.25, 0.3) is 0 Å². The third-order valence-corrected chi connectivity index (χ3v) is 6.04. The molecule has 1 aliphatic heterocycles. The lowest BCUT2D eigenvalue weighted by Crippen LogP contribution is -2.57. The Morgan fingerprint density at radius 1 is 1.24 bits per heavy atom. The SMILES string of the molecule is COc1ccc(C2(C(=O)N3CCN(C)C(CCO)C3)CCCC2)cc1. The summed E-state index contributed by atoms with van der Waals surface area (Å²) in [5.41, 5.74) is 0.736. The molecule has 3 rings (SSSR count). The molecule has 1 aromatic rings. The van der Waals surface area contributed by atoms with E-state index in [1.807, 2.05) is 17.0 Å². The normalized spacial score (nSPS) is 23.6. The molecule has 1 amide bonds. The van der Waals surface area contributed by atoms with Crippen molar-refractivity contribution in [2.45, 2.75) is 43.6 Å². The molecule has 1 atom stereocenters. The van der Waals surface area contributed by atoms with Gasteiger partial charge in [0.25, 0.3) is 0 Å². The van der Waals surface area contributed by atoms with Gasteiger partial charge in [-0.2, -0.15) is 0 Å². The summed E-state index contributed by atoms with van der Waals surface area (Å²) in [6.07, 6.45) is 4.78. The summed E-state index contributed by atoms with van der Waals surface area (Å²) in [6, 6.07) is 8.28. The minimum atomic E-state index is -0.383. The molecule has 0 spiro atoms. The number of benzene rings is 1. The van der Waals surface area contributed by atoms with Gasteiger partial charge in [0.05, 0.1) is 12.5 Å². The summed E-state index contributed by atoms with van der Waals surface area (Å²) in [7, 11) is 3.74. The summed E-state index contributed by atoms with van der Waals surface area (Å²) in [6.45, 7) is 2.53. The van der Waals surface area contributed by atoms with E-state index in [1.165, 1.54) is 0 Å². The molecule has 1 N–H and O–H groups in total. The molecule has 1 aromatic carbocycles. The first-order valence-corrected chi connectivity index (χ1v) is 9.36. The Kier molecular flexibility index (Phi) is 5.64. The molecule has 1 aliphatic carbocycles. The lowest BCUT2D eigenvalue weighted by molar-refractivity contribution is -0.140. The van der Waals surface area contributed by atoms with Crippen molar-refractivity contribution in [3.8, 4) is 5.75 Å². The van der Waals surface area contributed by atoms with Crippen LogP contribution in [0, 0.1) is 0 Å². The number of carbonyl (C=O) groups is 1. The lowest BCUT2D eigenvalue weighted by Gasteiger charge is -2.43. The van der Waals surface area contributed by atoms with Gasteiger partial charge in [0, 0.05) is 32.3 Å². The zero-order chi connectivity index (χ0) is 17.9. The van der Waals surface area contributed by atoms with E-state index in [4.69, 9.17) is 4.74 Å². The molecule has 5 heteroatoms. The van der Waals surface area contributed by atoms with Crippen molar-refractivity contribution in [2.75, 3.05) is 40.4 Å². The van der Waals surface area contributed by atoms with Gasteiger partial charge >= 0.3 is 0 Å². The number of likely N-dealkylation sites (N-methyl/N-ethyl adjacent to an activating group) is 1. The third-order valence-electron chi connectivity index (χ3n) is 6.04. The molecule has 0 radical (unpaired) electrons. The fraction of sp³-hybridized carbons (Fsp3) is 0.650. The zero-order valence-electron chi connectivity index (χ0n) is 15.4. The molecule has 2 fully saturated rings. The van der Waals surface area contributed by atoms with E-state index >= 15 is 0 Å². The molecule has 1 unspecified atom stereocenters. The first-order chi connectivity index (χ1) is 12.1. The quantitative estimate of drug-likeness (QED) is 0.886. The number of methoxy groups -OCH3 is 1. The number of piperazine rings is 1. The molecule has 0 aromatic heterocycles. The van der Waals surface area contributed by atoms with E-state index in [0.717, 1.165) is 56.5 Å². The topological polar surface area (TPSA) is 53.0 Å². The Morgan fingerprint density at radius 3 is 2.52 bits per heavy atom. The monoisotopic (exact) mass is 346 g/mol. The average Bonchev–Trinajstić information content (AvgIpc) is 3.14. The van der Waals surface area contributed by atoms with E-state index in [0.29, 0.717) is 6.54 Å². The maximum atomic E-state index is 13.5. The van der Waals surface area contributed by atoms with Crippen LogP contribution in [0.5, 0.6) is 5.75 Å². The molecule has 1 saturated carbocycles. The van der Waals surface area contributed by atoms with Crippen molar-refractivity contribution in [1.82, 2.24) is 9.80 Å². The summed E-state index contributed by atoms with van der Waals surface area (Å²) in [4.78, 5) is 17.8. The second-order valence-electron chi connectivity index (χ2n) is 7.42. The van der Waals surface area contributed by atoms with Gasteiger partial charge in [-0.15, -0.1) is 0 Å². The zero-order valence-corrected chi connectivity index (χ0v) is 15.4. The molecule has 1 heterocycles. The molecule has 0 bridgehead atoms. The highest BCUT2D eigenvalue weighted by Gasteiger charge is 2.46.